The van der Waals surface area contributed by atoms with E-state index in [1.54, 1.807) is 0 Å². The predicted molar refractivity (Wildman–Crippen MR) is 98.0 cm³/mol. The molecule has 7 nitrogen and oxygen atoms in total. The van der Waals surface area contributed by atoms with Gasteiger partial charge in [0.2, 0.25) is 17.7 Å². The smallest absolute Gasteiger partial charge is 0.243 e. The van der Waals surface area contributed by atoms with Crippen molar-refractivity contribution in [1.82, 2.24) is 10.2 Å². The third-order valence-corrected chi connectivity index (χ3v) is 3.99. The molecule has 1 aromatic carbocycles. The maximum atomic E-state index is 12.2. The molecule has 0 radical (unpaired) electrons. The van der Waals surface area contributed by atoms with Crippen molar-refractivity contribution in [2.75, 3.05) is 25.5 Å². The Bertz CT molecular complexity index is 623. The molecule has 1 rings (SSSR count). The van der Waals surface area contributed by atoms with Crippen LogP contribution in [0.25, 0.3) is 0 Å². The number of hydrogen-bond acceptors (Lipinski definition) is 4. The average Bonchev–Trinajstić information content (AvgIpc) is 2.54. The highest BCUT2D eigenvalue weighted by Crippen LogP contribution is 2.19. The van der Waals surface area contributed by atoms with Crippen LogP contribution in [-0.4, -0.2) is 48.8 Å². The molecule has 0 saturated heterocycles. The van der Waals surface area contributed by atoms with Gasteiger partial charge in [0, 0.05) is 12.7 Å². The molecule has 0 aliphatic carbocycles. The van der Waals surface area contributed by atoms with Gasteiger partial charge >= 0.3 is 0 Å². The van der Waals surface area contributed by atoms with Crippen molar-refractivity contribution >= 4 is 23.4 Å². The number of rotatable bonds is 7. The van der Waals surface area contributed by atoms with Crippen LogP contribution in [0.5, 0.6) is 0 Å². The van der Waals surface area contributed by atoms with Crippen molar-refractivity contribution in [3.05, 3.63) is 29.3 Å². The molecule has 0 aliphatic rings. The third kappa shape index (κ3) is 6.19. The number of para-hydroxylation sites is 1. The van der Waals surface area contributed by atoms with Crippen molar-refractivity contribution in [3.63, 3.8) is 0 Å². The molecule has 138 valence electrons. The van der Waals surface area contributed by atoms with Crippen molar-refractivity contribution in [2.24, 2.45) is 11.7 Å². The number of aryl methyl sites for hydroxylation is 2. The van der Waals surface area contributed by atoms with Gasteiger partial charge < -0.3 is 21.3 Å². The molecular weight excluding hydrogens is 320 g/mol. The topological polar surface area (TPSA) is 105 Å². The highest BCUT2D eigenvalue weighted by Gasteiger charge is 2.19. The molecule has 1 aromatic rings. The van der Waals surface area contributed by atoms with Gasteiger partial charge in [0.1, 0.15) is 0 Å². The molecule has 0 fully saturated rings. The van der Waals surface area contributed by atoms with Gasteiger partial charge in [-0.3, -0.25) is 14.4 Å². The summed E-state index contributed by atoms with van der Waals surface area (Å²) in [5, 5.41) is 5.32. The maximum Gasteiger partial charge on any atom is 0.243 e. The first-order chi connectivity index (χ1) is 11.6. The van der Waals surface area contributed by atoms with Crippen LogP contribution in [0.2, 0.25) is 0 Å². The fraction of sp³-hybridized carbons (Fsp3) is 0.500. The Hall–Kier alpha value is -2.41. The van der Waals surface area contributed by atoms with Gasteiger partial charge in [0.15, 0.2) is 0 Å². The lowest BCUT2D eigenvalue weighted by Gasteiger charge is -2.20. The van der Waals surface area contributed by atoms with E-state index in [1.807, 2.05) is 45.9 Å². The van der Waals surface area contributed by atoms with E-state index in [0.717, 1.165) is 16.8 Å². The summed E-state index contributed by atoms with van der Waals surface area (Å²) >= 11 is 0. The number of nitrogens with zero attached hydrogens (tertiary/aromatic N) is 1. The molecule has 0 aromatic heterocycles. The van der Waals surface area contributed by atoms with E-state index in [1.165, 1.54) is 11.9 Å². The van der Waals surface area contributed by atoms with Crippen molar-refractivity contribution in [1.29, 1.82) is 0 Å². The van der Waals surface area contributed by atoms with Crippen molar-refractivity contribution in [2.45, 2.75) is 33.7 Å². The van der Waals surface area contributed by atoms with Crippen LogP contribution in [0, 0.1) is 19.8 Å². The van der Waals surface area contributed by atoms with Crippen LogP contribution in [-0.2, 0) is 14.4 Å². The molecule has 3 amide bonds. The number of benzene rings is 1. The zero-order chi connectivity index (χ0) is 19.1. The Morgan fingerprint density at radius 1 is 1.16 bits per heavy atom. The number of amides is 3. The number of nitrogens with two attached hydrogens (primary N) is 1. The van der Waals surface area contributed by atoms with Gasteiger partial charge in [-0.15, -0.1) is 0 Å². The van der Waals surface area contributed by atoms with Crippen LogP contribution in [0.1, 0.15) is 25.0 Å². The lowest BCUT2D eigenvalue weighted by Crippen LogP contribution is -2.48. The van der Waals surface area contributed by atoms with E-state index in [4.69, 9.17) is 5.73 Å². The lowest BCUT2D eigenvalue weighted by atomic mass is 10.1. The van der Waals surface area contributed by atoms with Gasteiger partial charge in [-0.05, 0) is 30.9 Å². The van der Waals surface area contributed by atoms with E-state index in [0.29, 0.717) is 0 Å². The molecule has 0 unspecified atom stereocenters. The van der Waals surface area contributed by atoms with Crippen LogP contribution >= 0.6 is 0 Å². The molecule has 0 aliphatic heterocycles. The quantitative estimate of drug-likeness (QED) is 0.678. The van der Waals surface area contributed by atoms with E-state index in [-0.39, 0.29) is 36.7 Å². The standard InChI is InChI=1S/C18H28N4O3/c1-11(2)16(19)18(25)20-9-15(24)22(5)10-14(23)21-17-12(3)7-6-8-13(17)4/h6-8,11,16H,9-10,19H2,1-5H3,(H,20,25)(H,21,23)/t16-/m0/s1. The van der Waals surface area contributed by atoms with E-state index in [9.17, 15) is 14.4 Å². The summed E-state index contributed by atoms with van der Waals surface area (Å²) in [6.45, 7) is 7.19. The predicted octanol–water partition coefficient (Wildman–Crippen LogP) is 0.800. The molecule has 7 heteroatoms. The summed E-state index contributed by atoms with van der Waals surface area (Å²) in [5.74, 6) is -1.05. The average molecular weight is 348 g/mol. The highest BCUT2D eigenvalue weighted by atomic mass is 16.2. The first kappa shape index (κ1) is 20.6. The zero-order valence-electron chi connectivity index (χ0n) is 15.6. The molecule has 0 bridgehead atoms. The summed E-state index contributed by atoms with van der Waals surface area (Å²) in [7, 11) is 1.52. The van der Waals surface area contributed by atoms with Gasteiger partial charge in [-0.25, -0.2) is 0 Å². The van der Waals surface area contributed by atoms with Crippen LogP contribution in [0.3, 0.4) is 0 Å². The maximum absolute atomic E-state index is 12.2. The normalized spacial score (nSPS) is 11.8. The van der Waals surface area contributed by atoms with Crippen molar-refractivity contribution < 1.29 is 14.4 Å². The van der Waals surface area contributed by atoms with Crippen LogP contribution in [0.4, 0.5) is 5.69 Å². The summed E-state index contributed by atoms with van der Waals surface area (Å²) in [6, 6.07) is 5.07. The first-order valence-corrected chi connectivity index (χ1v) is 8.26. The number of carbonyl (C=O) groups excluding carboxylic acids is 3. The molecule has 1 atom stereocenters. The largest absolute Gasteiger partial charge is 0.346 e. The van der Waals surface area contributed by atoms with Gasteiger partial charge in [0.05, 0.1) is 19.1 Å². The Balaban J connectivity index is 2.52. The SMILES string of the molecule is Cc1cccc(C)c1NC(=O)CN(C)C(=O)CNC(=O)[C@@H](N)C(C)C. The molecule has 0 spiro atoms. The molecule has 4 N–H and O–H groups in total. The third-order valence-electron chi connectivity index (χ3n) is 3.99. The fourth-order valence-corrected chi connectivity index (χ4v) is 2.21. The zero-order valence-corrected chi connectivity index (χ0v) is 15.6. The molecular formula is C18H28N4O3. The molecule has 25 heavy (non-hydrogen) atoms. The van der Waals surface area contributed by atoms with E-state index in [2.05, 4.69) is 10.6 Å². The fourth-order valence-electron chi connectivity index (χ4n) is 2.21. The summed E-state index contributed by atoms with van der Waals surface area (Å²) < 4.78 is 0. The van der Waals surface area contributed by atoms with Crippen molar-refractivity contribution in [3.8, 4) is 0 Å². The monoisotopic (exact) mass is 348 g/mol. The van der Waals surface area contributed by atoms with Gasteiger partial charge in [0.25, 0.3) is 0 Å². The Morgan fingerprint density at radius 3 is 2.24 bits per heavy atom. The van der Waals surface area contributed by atoms with E-state index >= 15 is 0 Å². The Morgan fingerprint density at radius 2 is 1.72 bits per heavy atom. The van der Waals surface area contributed by atoms with Crippen LogP contribution in [0.15, 0.2) is 18.2 Å². The van der Waals surface area contributed by atoms with E-state index < -0.39 is 6.04 Å². The van der Waals surface area contributed by atoms with Gasteiger partial charge in [-0.2, -0.15) is 0 Å². The second-order valence-electron chi connectivity index (χ2n) is 6.55. The Kier molecular flexibility index (Phi) is 7.57. The minimum Gasteiger partial charge on any atom is -0.346 e. The highest BCUT2D eigenvalue weighted by molar-refractivity contribution is 5.96. The van der Waals surface area contributed by atoms with Crippen LogP contribution < -0.4 is 16.4 Å². The summed E-state index contributed by atoms with van der Waals surface area (Å²) in [6.07, 6.45) is 0. The lowest BCUT2D eigenvalue weighted by molar-refractivity contribution is -0.134. The second-order valence-corrected chi connectivity index (χ2v) is 6.55. The summed E-state index contributed by atoms with van der Waals surface area (Å²) in [5.41, 5.74) is 8.38. The van der Waals surface area contributed by atoms with Gasteiger partial charge in [-0.1, -0.05) is 32.0 Å². The minimum absolute atomic E-state index is 0.0176. The number of anilines is 1. The number of hydrogen-bond donors (Lipinski definition) is 3. The minimum atomic E-state index is -0.662. The first-order valence-electron chi connectivity index (χ1n) is 8.26. The number of carbonyl (C=O) groups is 3. The molecule has 0 saturated carbocycles. The number of nitrogens with one attached hydrogen (secondary N) is 2. The molecule has 0 heterocycles. The number of likely N-dealkylation sites (N-methyl/N-ethyl adjacent to an activating group) is 1. The second kappa shape index (κ2) is 9.17. The summed E-state index contributed by atoms with van der Waals surface area (Å²) in [4.78, 5) is 37.2. The Labute approximate surface area is 148 Å².